The number of ether oxygens (including phenoxy) is 1. The molecule has 5 nitrogen and oxygen atoms in total. The molecule has 14 heavy (non-hydrogen) atoms. The van der Waals surface area contributed by atoms with E-state index in [4.69, 9.17) is 11.5 Å². The maximum atomic E-state index is 10.7. The van der Waals surface area contributed by atoms with Crippen LogP contribution in [0.3, 0.4) is 0 Å². The quantitative estimate of drug-likeness (QED) is 0.758. The lowest BCUT2D eigenvalue weighted by Crippen LogP contribution is -2.15. The number of carbonyl (C=O) groups is 2. The van der Waals surface area contributed by atoms with Gasteiger partial charge in [-0.25, -0.2) is 4.79 Å². The Morgan fingerprint density at radius 3 is 2.71 bits per heavy atom. The fourth-order valence-corrected chi connectivity index (χ4v) is 1.86. The van der Waals surface area contributed by atoms with Gasteiger partial charge in [-0.2, -0.15) is 0 Å². The predicted molar refractivity (Wildman–Crippen MR) is 51.6 cm³/mol. The van der Waals surface area contributed by atoms with Gasteiger partial charge in [-0.1, -0.05) is 0 Å². The molecular formula is C8H10N2O3S. The first-order valence-corrected chi connectivity index (χ1v) is 4.73. The van der Waals surface area contributed by atoms with E-state index in [1.165, 1.54) is 11.3 Å². The zero-order chi connectivity index (χ0) is 10.6. The molecule has 0 aliphatic carbocycles. The fourth-order valence-electron chi connectivity index (χ4n) is 0.958. The largest absolute Gasteiger partial charge is 0.445 e. The number of hydrogen-bond acceptors (Lipinski definition) is 4. The van der Waals surface area contributed by atoms with Crippen molar-refractivity contribution in [3.05, 3.63) is 21.9 Å². The molecule has 0 aliphatic heterocycles. The average molecular weight is 214 g/mol. The zero-order valence-corrected chi connectivity index (χ0v) is 8.17. The Labute approximate surface area is 84.6 Å². The highest BCUT2D eigenvalue weighted by Gasteiger charge is 2.08. The van der Waals surface area contributed by atoms with Crippen LogP contribution in [0.5, 0.6) is 0 Å². The summed E-state index contributed by atoms with van der Waals surface area (Å²) in [5.41, 5.74) is 10.6. The van der Waals surface area contributed by atoms with Gasteiger partial charge in [-0.15, -0.1) is 11.3 Å². The van der Waals surface area contributed by atoms with Crippen LogP contribution in [0.15, 0.2) is 11.4 Å². The second kappa shape index (κ2) is 4.61. The topological polar surface area (TPSA) is 95.4 Å². The number of thiophene rings is 1. The standard InChI is InChI=1S/C8H10N2O3S/c9-7(11)3-6-5(1-2-14-6)4-13-8(10)12/h1-2H,3-4H2,(H2,9,11)(H2,10,12). The third-order valence-electron chi connectivity index (χ3n) is 1.54. The van der Waals surface area contributed by atoms with Gasteiger partial charge < -0.3 is 16.2 Å². The van der Waals surface area contributed by atoms with Crippen LogP contribution in [0.4, 0.5) is 4.79 Å². The summed E-state index contributed by atoms with van der Waals surface area (Å²) in [6.07, 6.45) is -0.670. The van der Waals surface area contributed by atoms with Crippen molar-refractivity contribution in [3.63, 3.8) is 0 Å². The van der Waals surface area contributed by atoms with Crippen LogP contribution in [0.2, 0.25) is 0 Å². The van der Waals surface area contributed by atoms with Gasteiger partial charge in [0.15, 0.2) is 0 Å². The summed E-state index contributed by atoms with van der Waals surface area (Å²) in [4.78, 5) is 21.8. The van der Waals surface area contributed by atoms with E-state index in [-0.39, 0.29) is 13.0 Å². The Balaban J connectivity index is 2.62. The highest BCUT2D eigenvalue weighted by molar-refractivity contribution is 7.10. The van der Waals surface area contributed by atoms with Crippen LogP contribution in [0.25, 0.3) is 0 Å². The molecule has 1 rings (SSSR count). The number of rotatable bonds is 4. The van der Waals surface area contributed by atoms with Crippen molar-refractivity contribution < 1.29 is 14.3 Å². The van der Waals surface area contributed by atoms with Gasteiger partial charge in [-0.3, -0.25) is 4.79 Å². The van der Waals surface area contributed by atoms with Crippen molar-refractivity contribution in [2.75, 3.05) is 0 Å². The van der Waals surface area contributed by atoms with Crippen molar-refractivity contribution in [2.24, 2.45) is 11.5 Å². The van der Waals surface area contributed by atoms with Crippen LogP contribution >= 0.6 is 11.3 Å². The van der Waals surface area contributed by atoms with Crippen LogP contribution in [0.1, 0.15) is 10.4 Å². The van der Waals surface area contributed by atoms with Gasteiger partial charge in [0.25, 0.3) is 0 Å². The highest BCUT2D eigenvalue weighted by atomic mass is 32.1. The van der Waals surface area contributed by atoms with Crippen molar-refractivity contribution in [1.82, 2.24) is 0 Å². The number of carbonyl (C=O) groups excluding carboxylic acids is 2. The molecule has 0 aromatic carbocycles. The van der Waals surface area contributed by atoms with Gasteiger partial charge in [0.1, 0.15) is 6.61 Å². The van der Waals surface area contributed by atoms with E-state index in [2.05, 4.69) is 4.74 Å². The number of hydrogen-bond donors (Lipinski definition) is 2. The summed E-state index contributed by atoms with van der Waals surface area (Å²) in [6.45, 7) is 0.0848. The molecule has 0 aliphatic rings. The minimum Gasteiger partial charge on any atom is -0.445 e. The Bertz CT molecular complexity index is 348. The van der Waals surface area contributed by atoms with E-state index in [0.717, 1.165) is 10.4 Å². The molecule has 0 fully saturated rings. The SMILES string of the molecule is NC(=O)Cc1sccc1COC(N)=O. The Morgan fingerprint density at radius 1 is 1.43 bits per heavy atom. The minimum atomic E-state index is -0.832. The Hall–Kier alpha value is -1.56. The third-order valence-corrected chi connectivity index (χ3v) is 2.51. The molecule has 76 valence electrons. The second-order valence-corrected chi connectivity index (χ2v) is 3.62. The van der Waals surface area contributed by atoms with Gasteiger partial charge in [0.2, 0.25) is 5.91 Å². The first kappa shape index (κ1) is 10.5. The van der Waals surface area contributed by atoms with E-state index in [1.54, 1.807) is 11.4 Å². The Kier molecular flexibility index (Phi) is 3.47. The van der Waals surface area contributed by atoms with Crippen molar-refractivity contribution in [1.29, 1.82) is 0 Å². The summed E-state index contributed by atoms with van der Waals surface area (Å²) in [5.74, 6) is -0.409. The molecular weight excluding hydrogens is 204 g/mol. The number of nitrogens with two attached hydrogens (primary N) is 2. The molecule has 0 spiro atoms. The molecule has 1 heterocycles. The summed E-state index contributed by atoms with van der Waals surface area (Å²) in [7, 11) is 0. The lowest BCUT2D eigenvalue weighted by atomic mass is 10.2. The zero-order valence-electron chi connectivity index (χ0n) is 7.36. The average Bonchev–Trinajstić information content (AvgIpc) is 2.47. The fraction of sp³-hybridized carbons (Fsp3) is 0.250. The minimum absolute atomic E-state index is 0.0848. The van der Waals surface area contributed by atoms with Crippen LogP contribution in [0, 0.1) is 0 Å². The maximum Gasteiger partial charge on any atom is 0.404 e. The molecule has 6 heteroatoms. The normalized spacial score (nSPS) is 9.71. The van der Waals surface area contributed by atoms with Gasteiger partial charge in [0, 0.05) is 10.4 Å². The number of amides is 2. The van der Waals surface area contributed by atoms with E-state index >= 15 is 0 Å². The van der Waals surface area contributed by atoms with E-state index in [0.29, 0.717) is 0 Å². The lowest BCUT2D eigenvalue weighted by Gasteiger charge is -2.01. The second-order valence-electron chi connectivity index (χ2n) is 2.62. The molecule has 0 saturated heterocycles. The smallest absolute Gasteiger partial charge is 0.404 e. The van der Waals surface area contributed by atoms with Crippen molar-refractivity contribution in [3.8, 4) is 0 Å². The summed E-state index contributed by atoms with van der Waals surface area (Å²) < 4.78 is 4.60. The summed E-state index contributed by atoms with van der Waals surface area (Å²) >= 11 is 1.40. The summed E-state index contributed by atoms with van der Waals surface area (Å²) in [6, 6.07) is 1.77. The molecule has 1 aromatic heterocycles. The first-order valence-electron chi connectivity index (χ1n) is 3.85. The Morgan fingerprint density at radius 2 is 2.14 bits per heavy atom. The third kappa shape index (κ3) is 3.06. The summed E-state index contributed by atoms with van der Waals surface area (Å²) in [5, 5.41) is 1.80. The van der Waals surface area contributed by atoms with E-state index < -0.39 is 12.0 Å². The molecule has 0 saturated carbocycles. The van der Waals surface area contributed by atoms with Crippen molar-refractivity contribution in [2.45, 2.75) is 13.0 Å². The molecule has 1 aromatic rings. The first-order chi connectivity index (χ1) is 6.59. The molecule has 0 atom stereocenters. The molecule has 0 unspecified atom stereocenters. The van der Waals surface area contributed by atoms with E-state index in [9.17, 15) is 9.59 Å². The lowest BCUT2D eigenvalue weighted by molar-refractivity contribution is -0.117. The predicted octanol–water partition coefficient (Wildman–Crippen LogP) is 0.371. The molecule has 0 radical (unpaired) electrons. The highest BCUT2D eigenvalue weighted by Crippen LogP contribution is 2.18. The monoisotopic (exact) mass is 214 g/mol. The van der Waals surface area contributed by atoms with Gasteiger partial charge in [-0.05, 0) is 11.4 Å². The number of primary amides is 2. The van der Waals surface area contributed by atoms with E-state index in [1.807, 2.05) is 0 Å². The van der Waals surface area contributed by atoms with Gasteiger partial charge in [0.05, 0.1) is 6.42 Å². The molecule has 2 amide bonds. The van der Waals surface area contributed by atoms with Crippen LogP contribution < -0.4 is 11.5 Å². The van der Waals surface area contributed by atoms with Gasteiger partial charge >= 0.3 is 6.09 Å². The van der Waals surface area contributed by atoms with Crippen LogP contribution in [-0.4, -0.2) is 12.0 Å². The molecule has 0 bridgehead atoms. The molecule has 4 N–H and O–H groups in total. The van der Waals surface area contributed by atoms with Crippen molar-refractivity contribution >= 4 is 23.3 Å². The van der Waals surface area contributed by atoms with Crippen LogP contribution in [-0.2, 0) is 22.6 Å². The maximum absolute atomic E-state index is 10.7.